The molecule has 0 aliphatic heterocycles. The number of alkyl halides is 1. The summed E-state index contributed by atoms with van der Waals surface area (Å²) in [7, 11) is -3.19. The van der Waals surface area contributed by atoms with Gasteiger partial charge in [-0.05, 0) is 35.4 Å². The molecule has 0 N–H and O–H groups in total. The molecule has 0 heterocycles. The van der Waals surface area contributed by atoms with Crippen LogP contribution in [0.4, 0.5) is 0 Å². The summed E-state index contributed by atoms with van der Waals surface area (Å²) in [6.45, 7) is 8.45. The van der Waals surface area contributed by atoms with E-state index >= 15 is 0 Å². The van der Waals surface area contributed by atoms with Crippen LogP contribution in [0.15, 0.2) is 29.2 Å². The van der Waals surface area contributed by atoms with Crippen molar-refractivity contribution in [3.63, 3.8) is 0 Å². The van der Waals surface area contributed by atoms with Gasteiger partial charge in [0, 0.05) is 5.33 Å². The van der Waals surface area contributed by atoms with Gasteiger partial charge < -0.3 is 0 Å². The molecule has 0 saturated heterocycles. The van der Waals surface area contributed by atoms with Crippen LogP contribution in [0.25, 0.3) is 0 Å². The van der Waals surface area contributed by atoms with Crippen LogP contribution >= 0.6 is 15.9 Å². The van der Waals surface area contributed by atoms with E-state index in [-0.39, 0.29) is 17.1 Å². The van der Waals surface area contributed by atoms with E-state index in [0.29, 0.717) is 4.90 Å². The van der Waals surface area contributed by atoms with Crippen molar-refractivity contribution in [3.8, 4) is 0 Å². The lowest BCUT2D eigenvalue weighted by Crippen LogP contribution is -2.18. The number of hydrogen-bond donors (Lipinski definition) is 0. The van der Waals surface area contributed by atoms with Crippen LogP contribution in [0.3, 0.4) is 0 Å². The van der Waals surface area contributed by atoms with Crippen LogP contribution < -0.4 is 0 Å². The molecule has 0 bridgehead atoms. The van der Waals surface area contributed by atoms with Gasteiger partial charge in [0.05, 0.1) is 10.6 Å². The topological polar surface area (TPSA) is 34.1 Å². The smallest absolute Gasteiger partial charge is 0.178 e. The summed E-state index contributed by atoms with van der Waals surface area (Å²) >= 11 is 3.42. The third-order valence-electron chi connectivity index (χ3n) is 3.45. The predicted molar refractivity (Wildman–Crippen MR) is 89.4 cm³/mol. The molecule has 4 heteroatoms. The van der Waals surface area contributed by atoms with Gasteiger partial charge >= 0.3 is 0 Å². The summed E-state index contributed by atoms with van der Waals surface area (Å²) in [5.41, 5.74) is 1.20. The monoisotopic (exact) mass is 360 g/mol. The number of hydrogen-bond acceptors (Lipinski definition) is 2. The third kappa shape index (κ3) is 4.88. The average Bonchev–Trinajstić information content (AvgIpc) is 2.37. The Labute approximate surface area is 132 Å². The minimum atomic E-state index is -3.19. The van der Waals surface area contributed by atoms with Crippen molar-refractivity contribution in [2.45, 2.75) is 50.8 Å². The van der Waals surface area contributed by atoms with Gasteiger partial charge in [-0.3, -0.25) is 0 Å². The summed E-state index contributed by atoms with van der Waals surface area (Å²) < 4.78 is 24.8. The number of sulfone groups is 1. The molecule has 114 valence electrons. The standard InChI is InChI=1S/C16H25BrO2S/c1-5-6-13(11-17)12-20(18,19)15-9-7-14(8-10-15)16(2,3)4/h7-10,13H,5-6,11-12H2,1-4H3. The molecule has 0 radical (unpaired) electrons. The van der Waals surface area contributed by atoms with E-state index in [9.17, 15) is 8.42 Å². The fourth-order valence-electron chi connectivity index (χ4n) is 2.18. The van der Waals surface area contributed by atoms with E-state index in [1.54, 1.807) is 12.1 Å². The van der Waals surface area contributed by atoms with Crippen LogP contribution in [0.5, 0.6) is 0 Å². The first-order valence-corrected chi connectivity index (χ1v) is 9.87. The van der Waals surface area contributed by atoms with E-state index in [2.05, 4.69) is 43.6 Å². The fraction of sp³-hybridized carbons (Fsp3) is 0.625. The molecule has 2 nitrogen and oxygen atoms in total. The lowest BCUT2D eigenvalue weighted by molar-refractivity contribution is 0.551. The van der Waals surface area contributed by atoms with Crippen molar-refractivity contribution in [3.05, 3.63) is 29.8 Å². The normalized spacial score (nSPS) is 14.2. The van der Waals surface area contributed by atoms with Crippen molar-refractivity contribution in [2.24, 2.45) is 5.92 Å². The molecule has 1 aromatic carbocycles. The van der Waals surface area contributed by atoms with Crippen LogP contribution in [-0.2, 0) is 15.3 Å². The molecule has 0 amide bonds. The SMILES string of the molecule is CCCC(CBr)CS(=O)(=O)c1ccc(C(C)(C)C)cc1. The Bertz CT molecular complexity index is 512. The van der Waals surface area contributed by atoms with Crippen molar-refractivity contribution in [2.75, 3.05) is 11.1 Å². The van der Waals surface area contributed by atoms with Crippen molar-refractivity contribution < 1.29 is 8.42 Å². The zero-order valence-corrected chi connectivity index (χ0v) is 15.2. The first-order valence-electron chi connectivity index (χ1n) is 7.10. The van der Waals surface area contributed by atoms with Crippen LogP contribution in [0.2, 0.25) is 0 Å². The molecule has 1 atom stereocenters. The molecule has 1 unspecified atom stereocenters. The number of halogens is 1. The van der Waals surface area contributed by atoms with Gasteiger partial charge in [0.2, 0.25) is 0 Å². The molecule has 1 aromatic rings. The minimum Gasteiger partial charge on any atom is -0.224 e. The second kappa shape index (κ2) is 7.08. The van der Waals surface area contributed by atoms with Crippen LogP contribution in [0.1, 0.15) is 46.1 Å². The summed E-state index contributed by atoms with van der Waals surface area (Å²) in [5.74, 6) is 0.410. The number of benzene rings is 1. The predicted octanol–water partition coefficient (Wildman–Crippen LogP) is 4.57. The Kier molecular flexibility index (Phi) is 6.26. The maximum atomic E-state index is 12.4. The Hall–Kier alpha value is -0.350. The zero-order chi connectivity index (χ0) is 15.4. The lowest BCUT2D eigenvalue weighted by atomic mass is 9.87. The molecular weight excluding hydrogens is 336 g/mol. The van der Waals surface area contributed by atoms with Gasteiger partial charge in [0.15, 0.2) is 9.84 Å². The maximum Gasteiger partial charge on any atom is 0.178 e. The summed E-state index contributed by atoms with van der Waals surface area (Å²) in [4.78, 5) is 0.438. The Morgan fingerprint density at radius 3 is 2.10 bits per heavy atom. The summed E-state index contributed by atoms with van der Waals surface area (Å²) in [6.07, 6.45) is 1.94. The molecule has 1 rings (SSSR count). The van der Waals surface area contributed by atoms with Gasteiger partial charge in [-0.1, -0.05) is 62.2 Å². The molecule has 0 aliphatic carbocycles. The molecule has 0 saturated carbocycles. The highest BCUT2D eigenvalue weighted by Gasteiger charge is 2.21. The van der Waals surface area contributed by atoms with Crippen LogP contribution in [-0.4, -0.2) is 19.5 Å². The molecule has 0 spiro atoms. The molecular formula is C16H25BrO2S. The van der Waals surface area contributed by atoms with Crippen molar-refractivity contribution in [1.82, 2.24) is 0 Å². The highest BCUT2D eigenvalue weighted by Crippen LogP contribution is 2.25. The van der Waals surface area contributed by atoms with E-state index in [4.69, 9.17) is 0 Å². The first-order chi connectivity index (χ1) is 9.20. The van der Waals surface area contributed by atoms with E-state index < -0.39 is 9.84 Å². The van der Waals surface area contributed by atoms with E-state index in [0.717, 1.165) is 23.7 Å². The highest BCUT2D eigenvalue weighted by atomic mass is 79.9. The minimum absolute atomic E-state index is 0.0445. The third-order valence-corrected chi connectivity index (χ3v) is 6.27. The molecule has 0 fully saturated rings. The molecule has 20 heavy (non-hydrogen) atoms. The van der Waals surface area contributed by atoms with Crippen LogP contribution in [0, 0.1) is 5.92 Å². The second-order valence-corrected chi connectivity index (χ2v) is 9.05. The second-order valence-electron chi connectivity index (χ2n) is 6.36. The van der Waals surface area contributed by atoms with Gasteiger partial charge in [-0.15, -0.1) is 0 Å². The molecule has 0 aromatic heterocycles. The van der Waals surface area contributed by atoms with E-state index in [1.807, 2.05) is 12.1 Å². The molecule has 0 aliphatic rings. The first kappa shape index (κ1) is 17.7. The lowest BCUT2D eigenvalue weighted by Gasteiger charge is -2.19. The largest absolute Gasteiger partial charge is 0.224 e. The Morgan fingerprint density at radius 1 is 1.15 bits per heavy atom. The fourth-order valence-corrected chi connectivity index (χ4v) is 4.69. The number of rotatable bonds is 6. The average molecular weight is 361 g/mol. The van der Waals surface area contributed by atoms with Gasteiger partial charge in [-0.25, -0.2) is 8.42 Å². The van der Waals surface area contributed by atoms with Gasteiger partial charge in [0.1, 0.15) is 0 Å². The Morgan fingerprint density at radius 2 is 1.70 bits per heavy atom. The van der Waals surface area contributed by atoms with Crippen molar-refractivity contribution in [1.29, 1.82) is 0 Å². The summed E-state index contributed by atoms with van der Waals surface area (Å²) in [6, 6.07) is 7.34. The van der Waals surface area contributed by atoms with Gasteiger partial charge in [-0.2, -0.15) is 0 Å². The maximum absolute atomic E-state index is 12.4. The zero-order valence-electron chi connectivity index (χ0n) is 12.8. The summed E-state index contributed by atoms with van der Waals surface area (Å²) in [5, 5.41) is 0.736. The quantitative estimate of drug-likeness (QED) is 0.696. The van der Waals surface area contributed by atoms with E-state index in [1.165, 1.54) is 0 Å². The highest BCUT2D eigenvalue weighted by molar-refractivity contribution is 9.09. The van der Waals surface area contributed by atoms with Gasteiger partial charge in [0.25, 0.3) is 0 Å². The Balaban J connectivity index is 2.93. The van der Waals surface area contributed by atoms with Crippen molar-refractivity contribution >= 4 is 25.8 Å².